The molecule has 0 aliphatic carbocycles. The van der Waals surface area contributed by atoms with Gasteiger partial charge in [0.15, 0.2) is 0 Å². The number of carbonyl (C=O) groups excluding carboxylic acids is 1. The molecule has 1 amide bonds. The molecular formula is C13H18N4O3. The largest absolute Gasteiger partial charge is 0.398 e. The highest BCUT2D eigenvalue weighted by atomic mass is 16.6. The lowest BCUT2D eigenvalue weighted by atomic mass is 9.95. The van der Waals surface area contributed by atoms with Crippen LogP contribution in [0.15, 0.2) is 18.2 Å². The van der Waals surface area contributed by atoms with Gasteiger partial charge in [0.2, 0.25) is 0 Å². The molecule has 0 bridgehead atoms. The first-order chi connectivity index (χ1) is 9.49. The zero-order valence-corrected chi connectivity index (χ0v) is 11.3. The molecule has 2 atom stereocenters. The van der Waals surface area contributed by atoms with Crippen LogP contribution >= 0.6 is 0 Å². The molecular weight excluding hydrogens is 260 g/mol. The quantitative estimate of drug-likeness (QED) is 0.432. The van der Waals surface area contributed by atoms with Crippen molar-refractivity contribution in [1.29, 1.82) is 0 Å². The van der Waals surface area contributed by atoms with E-state index in [0.29, 0.717) is 5.92 Å². The van der Waals surface area contributed by atoms with E-state index in [1.165, 1.54) is 18.2 Å². The fourth-order valence-corrected chi connectivity index (χ4v) is 2.33. The van der Waals surface area contributed by atoms with Gasteiger partial charge in [-0.1, -0.05) is 6.92 Å². The van der Waals surface area contributed by atoms with Crippen LogP contribution in [-0.2, 0) is 0 Å². The molecule has 1 aromatic carbocycles. The van der Waals surface area contributed by atoms with Gasteiger partial charge < -0.3 is 16.4 Å². The normalized spacial score (nSPS) is 22.2. The average molecular weight is 278 g/mol. The van der Waals surface area contributed by atoms with Gasteiger partial charge >= 0.3 is 0 Å². The second kappa shape index (κ2) is 5.87. The van der Waals surface area contributed by atoms with Crippen LogP contribution in [0.1, 0.15) is 23.7 Å². The molecule has 0 spiro atoms. The Morgan fingerprint density at radius 3 is 2.95 bits per heavy atom. The number of nitro benzene ring substituents is 1. The minimum Gasteiger partial charge on any atom is -0.398 e. The van der Waals surface area contributed by atoms with Crippen LogP contribution in [0.25, 0.3) is 0 Å². The third kappa shape index (κ3) is 3.05. The summed E-state index contributed by atoms with van der Waals surface area (Å²) in [5.41, 5.74) is 6.00. The third-order valence-electron chi connectivity index (χ3n) is 3.59. The number of nitro groups is 1. The predicted octanol–water partition coefficient (Wildman–Crippen LogP) is 0.905. The van der Waals surface area contributed by atoms with Crippen molar-refractivity contribution in [3.05, 3.63) is 33.9 Å². The summed E-state index contributed by atoms with van der Waals surface area (Å²) >= 11 is 0. The van der Waals surface area contributed by atoms with Gasteiger partial charge in [0.1, 0.15) is 0 Å². The summed E-state index contributed by atoms with van der Waals surface area (Å²) in [6.07, 6.45) is 0.835. The highest BCUT2D eigenvalue weighted by molar-refractivity contribution is 6.00. The molecule has 1 aromatic rings. The molecule has 1 heterocycles. The molecule has 2 rings (SSSR count). The van der Waals surface area contributed by atoms with Crippen molar-refractivity contribution in [3.63, 3.8) is 0 Å². The summed E-state index contributed by atoms with van der Waals surface area (Å²) in [6.45, 7) is 3.74. The van der Waals surface area contributed by atoms with Crippen molar-refractivity contribution in [2.24, 2.45) is 5.92 Å². The summed E-state index contributed by atoms with van der Waals surface area (Å²) in [5, 5.41) is 16.9. The Kier molecular flexibility index (Phi) is 4.19. The number of carbonyl (C=O) groups is 1. The van der Waals surface area contributed by atoms with Crippen molar-refractivity contribution in [3.8, 4) is 0 Å². The monoisotopic (exact) mass is 278 g/mol. The lowest BCUT2D eigenvalue weighted by Crippen LogP contribution is -2.48. The Balaban J connectivity index is 2.16. The fourth-order valence-electron chi connectivity index (χ4n) is 2.33. The van der Waals surface area contributed by atoms with E-state index in [0.717, 1.165) is 19.5 Å². The number of hydrogen-bond donors (Lipinski definition) is 3. The number of nitrogens with one attached hydrogen (secondary N) is 2. The van der Waals surface area contributed by atoms with Crippen LogP contribution in [0.3, 0.4) is 0 Å². The Morgan fingerprint density at radius 1 is 1.55 bits per heavy atom. The number of piperidine rings is 1. The van der Waals surface area contributed by atoms with E-state index in [-0.39, 0.29) is 28.9 Å². The van der Waals surface area contributed by atoms with Crippen molar-refractivity contribution in [2.45, 2.75) is 19.4 Å². The van der Waals surface area contributed by atoms with E-state index < -0.39 is 4.92 Å². The number of benzene rings is 1. The topological polar surface area (TPSA) is 110 Å². The zero-order chi connectivity index (χ0) is 14.7. The Hall–Kier alpha value is -2.15. The number of amides is 1. The molecule has 20 heavy (non-hydrogen) atoms. The maximum Gasteiger partial charge on any atom is 0.270 e. The van der Waals surface area contributed by atoms with Crippen LogP contribution < -0.4 is 16.4 Å². The Bertz CT molecular complexity index is 532. The van der Waals surface area contributed by atoms with Crippen molar-refractivity contribution >= 4 is 17.3 Å². The summed E-state index contributed by atoms with van der Waals surface area (Å²) in [6, 6.07) is 3.96. The third-order valence-corrected chi connectivity index (χ3v) is 3.59. The van der Waals surface area contributed by atoms with Gasteiger partial charge in [0, 0.05) is 23.9 Å². The summed E-state index contributed by atoms with van der Waals surface area (Å²) in [5.74, 6) is -0.0439. The first-order valence-corrected chi connectivity index (χ1v) is 6.54. The van der Waals surface area contributed by atoms with Crippen molar-refractivity contribution < 1.29 is 9.72 Å². The van der Waals surface area contributed by atoms with Gasteiger partial charge in [-0.05, 0) is 31.5 Å². The maximum atomic E-state index is 12.2. The molecule has 0 radical (unpaired) electrons. The van der Waals surface area contributed by atoms with Crippen LogP contribution in [0, 0.1) is 16.0 Å². The average Bonchev–Trinajstić information content (AvgIpc) is 2.41. The fraction of sp³-hybridized carbons (Fsp3) is 0.462. The lowest BCUT2D eigenvalue weighted by Gasteiger charge is -2.30. The molecule has 7 heteroatoms. The first-order valence-electron chi connectivity index (χ1n) is 6.54. The van der Waals surface area contributed by atoms with Crippen LogP contribution in [0.4, 0.5) is 11.4 Å². The van der Waals surface area contributed by atoms with E-state index in [9.17, 15) is 14.9 Å². The molecule has 2 unspecified atom stereocenters. The molecule has 4 N–H and O–H groups in total. The van der Waals surface area contributed by atoms with Crippen LogP contribution in [0.2, 0.25) is 0 Å². The first kappa shape index (κ1) is 14.3. The van der Waals surface area contributed by atoms with Crippen LogP contribution in [0.5, 0.6) is 0 Å². The lowest BCUT2D eigenvalue weighted by molar-refractivity contribution is -0.384. The summed E-state index contributed by atoms with van der Waals surface area (Å²) in [7, 11) is 0. The number of non-ortho nitro benzene ring substituents is 1. The van der Waals surface area contributed by atoms with E-state index in [4.69, 9.17) is 5.73 Å². The minimum atomic E-state index is -0.538. The molecule has 1 aliphatic heterocycles. The van der Waals surface area contributed by atoms with Gasteiger partial charge in [-0.3, -0.25) is 14.9 Å². The number of nitrogens with two attached hydrogens (primary N) is 1. The van der Waals surface area contributed by atoms with E-state index in [1.807, 2.05) is 6.92 Å². The van der Waals surface area contributed by atoms with E-state index in [2.05, 4.69) is 10.6 Å². The van der Waals surface area contributed by atoms with Gasteiger partial charge in [0.05, 0.1) is 10.5 Å². The van der Waals surface area contributed by atoms with Gasteiger partial charge in [-0.2, -0.15) is 0 Å². The Morgan fingerprint density at radius 2 is 2.30 bits per heavy atom. The van der Waals surface area contributed by atoms with Gasteiger partial charge in [-0.15, -0.1) is 0 Å². The number of nitrogen functional groups attached to an aromatic ring is 1. The second-order valence-corrected chi connectivity index (χ2v) is 5.08. The Labute approximate surface area is 116 Å². The van der Waals surface area contributed by atoms with Crippen molar-refractivity contribution in [2.75, 3.05) is 18.8 Å². The molecule has 1 fully saturated rings. The number of hydrogen-bond acceptors (Lipinski definition) is 5. The molecule has 0 aromatic heterocycles. The van der Waals surface area contributed by atoms with Gasteiger partial charge in [-0.25, -0.2) is 0 Å². The summed E-state index contributed by atoms with van der Waals surface area (Å²) in [4.78, 5) is 22.4. The SMILES string of the molecule is CC1CNCCC1NC(=O)c1cc([N+](=O)[O-])ccc1N. The highest BCUT2D eigenvalue weighted by Crippen LogP contribution is 2.20. The highest BCUT2D eigenvalue weighted by Gasteiger charge is 2.24. The van der Waals surface area contributed by atoms with Crippen LogP contribution in [-0.4, -0.2) is 30.0 Å². The second-order valence-electron chi connectivity index (χ2n) is 5.08. The van der Waals surface area contributed by atoms with E-state index in [1.54, 1.807) is 0 Å². The number of anilines is 1. The predicted molar refractivity (Wildman–Crippen MR) is 75.4 cm³/mol. The smallest absolute Gasteiger partial charge is 0.270 e. The summed E-state index contributed by atoms with van der Waals surface area (Å²) < 4.78 is 0. The van der Waals surface area contributed by atoms with Crippen molar-refractivity contribution in [1.82, 2.24) is 10.6 Å². The molecule has 1 aliphatic rings. The minimum absolute atomic E-state index is 0.0578. The number of rotatable bonds is 3. The van der Waals surface area contributed by atoms with E-state index >= 15 is 0 Å². The molecule has 7 nitrogen and oxygen atoms in total. The number of nitrogens with zero attached hydrogens (tertiary/aromatic N) is 1. The van der Waals surface area contributed by atoms with Gasteiger partial charge in [0.25, 0.3) is 11.6 Å². The zero-order valence-electron chi connectivity index (χ0n) is 11.3. The standard InChI is InChI=1S/C13H18N4O3/c1-8-7-15-5-4-12(8)16-13(18)10-6-9(17(19)20)2-3-11(10)14/h2-3,6,8,12,15H,4-5,7,14H2,1H3,(H,16,18). The molecule has 1 saturated heterocycles. The molecule has 0 saturated carbocycles. The molecule has 108 valence electrons. The maximum absolute atomic E-state index is 12.2.